The molecule has 7 heteroatoms. The second-order valence-corrected chi connectivity index (χ2v) is 4.75. The van der Waals surface area contributed by atoms with Crippen LogP contribution in [0.4, 0.5) is 19.0 Å². The Hall–Kier alpha value is -0.850. The summed E-state index contributed by atoms with van der Waals surface area (Å²) in [7, 11) is 0. The van der Waals surface area contributed by atoms with E-state index in [4.69, 9.17) is 0 Å². The molecule has 1 aromatic heterocycles. The van der Waals surface area contributed by atoms with Crippen molar-refractivity contribution in [2.24, 2.45) is 0 Å². The van der Waals surface area contributed by atoms with Crippen LogP contribution in [-0.2, 0) is 0 Å². The van der Waals surface area contributed by atoms with Crippen LogP contribution in [0.5, 0.6) is 0 Å². The Labute approximate surface area is 106 Å². The highest BCUT2D eigenvalue weighted by Gasteiger charge is 2.32. The zero-order valence-corrected chi connectivity index (χ0v) is 11.3. The van der Waals surface area contributed by atoms with Gasteiger partial charge in [-0.05, 0) is 36.7 Å². The first kappa shape index (κ1) is 14.2. The number of hydrogen-bond acceptors (Lipinski definition) is 3. The maximum atomic E-state index is 12.5. The predicted molar refractivity (Wildman–Crippen MR) is 63.0 cm³/mol. The second-order valence-electron chi connectivity index (χ2n) is 3.93. The molecule has 0 N–H and O–H groups in total. The van der Waals surface area contributed by atoms with Crippen LogP contribution in [0.3, 0.4) is 0 Å². The Morgan fingerprint density at radius 3 is 2.35 bits per heavy atom. The van der Waals surface area contributed by atoms with E-state index in [0.717, 1.165) is 0 Å². The van der Waals surface area contributed by atoms with Crippen LogP contribution in [0, 0.1) is 6.92 Å². The van der Waals surface area contributed by atoms with Crippen molar-refractivity contribution < 1.29 is 13.2 Å². The average molecular weight is 312 g/mol. The Morgan fingerprint density at radius 2 is 1.94 bits per heavy atom. The van der Waals surface area contributed by atoms with E-state index >= 15 is 0 Å². The summed E-state index contributed by atoms with van der Waals surface area (Å²) < 4.78 is 37.8. The number of nitrogens with zero attached hydrogens (tertiary/aromatic N) is 3. The molecule has 0 aliphatic heterocycles. The standard InChI is InChI=1S/C10H13BrF3N3/c1-6(2)17(5-10(12,13)14)9-4-8(11)15-7(3)16-9/h4,6H,5H2,1-3H3. The fourth-order valence-corrected chi connectivity index (χ4v) is 1.85. The highest BCUT2D eigenvalue weighted by atomic mass is 79.9. The van der Waals surface area contributed by atoms with Crippen LogP contribution in [0.25, 0.3) is 0 Å². The van der Waals surface area contributed by atoms with Gasteiger partial charge in [0.15, 0.2) is 0 Å². The van der Waals surface area contributed by atoms with E-state index in [0.29, 0.717) is 10.4 Å². The number of alkyl halides is 3. The molecule has 0 aliphatic rings. The first-order valence-electron chi connectivity index (χ1n) is 5.03. The van der Waals surface area contributed by atoms with Crippen LogP contribution < -0.4 is 4.90 Å². The van der Waals surface area contributed by atoms with Gasteiger partial charge in [0.2, 0.25) is 0 Å². The molecule has 1 rings (SSSR count). The third kappa shape index (κ3) is 4.49. The maximum absolute atomic E-state index is 12.5. The van der Waals surface area contributed by atoms with E-state index < -0.39 is 12.7 Å². The lowest BCUT2D eigenvalue weighted by molar-refractivity contribution is -0.120. The SMILES string of the molecule is Cc1nc(Br)cc(N(CC(F)(F)F)C(C)C)n1. The number of anilines is 1. The molecule has 96 valence electrons. The molecule has 1 heterocycles. The van der Waals surface area contributed by atoms with E-state index in [1.54, 1.807) is 20.8 Å². The molecule has 0 saturated heterocycles. The molecule has 0 saturated carbocycles. The van der Waals surface area contributed by atoms with Gasteiger partial charge in [-0.2, -0.15) is 13.2 Å². The van der Waals surface area contributed by atoms with Crippen LogP contribution in [-0.4, -0.2) is 28.7 Å². The molecule has 17 heavy (non-hydrogen) atoms. The third-order valence-corrected chi connectivity index (χ3v) is 2.47. The Balaban J connectivity index is 3.05. The topological polar surface area (TPSA) is 29.0 Å². The van der Waals surface area contributed by atoms with Gasteiger partial charge >= 0.3 is 6.18 Å². The van der Waals surface area contributed by atoms with E-state index in [1.165, 1.54) is 11.0 Å². The largest absolute Gasteiger partial charge is 0.405 e. The lowest BCUT2D eigenvalue weighted by atomic mass is 10.3. The van der Waals surface area contributed by atoms with Gasteiger partial charge in [0.05, 0.1) is 0 Å². The summed E-state index contributed by atoms with van der Waals surface area (Å²) >= 11 is 3.15. The van der Waals surface area contributed by atoms with E-state index in [-0.39, 0.29) is 11.9 Å². The highest BCUT2D eigenvalue weighted by molar-refractivity contribution is 9.10. The van der Waals surface area contributed by atoms with Gasteiger partial charge in [-0.3, -0.25) is 0 Å². The molecule has 0 unspecified atom stereocenters. The van der Waals surface area contributed by atoms with Crippen molar-refractivity contribution in [1.82, 2.24) is 9.97 Å². The molecule has 0 radical (unpaired) electrons. The highest BCUT2D eigenvalue weighted by Crippen LogP contribution is 2.24. The molecule has 0 aliphatic carbocycles. The minimum absolute atomic E-state index is 0.275. The lowest BCUT2D eigenvalue weighted by Crippen LogP contribution is -2.39. The van der Waals surface area contributed by atoms with Gasteiger partial charge in [-0.15, -0.1) is 0 Å². The summed E-state index contributed by atoms with van der Waals surface area (Å²) in [5.41, 5.74) is 0. The summed E-state index contributed by atoms with van der Waals surface area (Å²) in [6.07, 6.45) is -4.25. The quantitative estimate of drug-likeness (QED) is 0.802. The van der Waals surface area contributed by atoms with Crippen LogP contribution in [0.1, 0.15) is 19.7 Å². The predicted octanol–water partition coefficient (Wildman–Crippen LogP) is 3.32. The van der Waals surface area contributed by atoms with E-state index in [9.17, 15) is 13.2 Å². The van der Waals surface area contributed by atoms with Gasteiger partial charge in [0, 0.05) is 12.1 Å². The first-order valence-corrected chi connectivity index (χ1v) is 5.83. The fraction of sp³-hybridized carbons (Fsp3) is 0.600. The smallest absolute Gasteiger partial charge is 0.345 e. The average Bonchev–Trinajstić information content (AvgIpc) is 2.10. The summed E-state index contributed by atoms with van der Waals surface area (Å²) in [6, 6.07) is 1.19. The molecule has 0 atom stereocenters. The Morgan fingerprint density at radius 1 is 1.35 bits per heavy atom. The zero-order chi connectivity index (χ0) is 13.2. The molecule has 0 fully saturated rings. The fourth-order valence-electron chi connectivity index (χ4n) is 1.38. The van der Waals surface area contributed by atoms with Gasteiger partial charge in [0.1, 0.15) is 22.8 Å². The zero-order valence-electron chi connectivity index (χ0n) is 9.72. The maximum Gasteiger partial charge on any atom is 0.405 e. The van der Waals surface area contributed by atoms with Gasteiger partial charge in [-0.25, -0.2) is 9.97 Å². The van der Waals surface area contributed by atoms with Gasteiger partial charge in [-0.1, -0.05) is 0 Å². The van der Waals surface area contributed by atoms with E-state index in [2.05, 4.69) is 25.9 Å². The van der Waals surface area contributed by atoms with Crippen LogP contribution >= 0.6 is 15.9 Å². The second kappa shape index (κ2) is 5.20. The molecule has 0 spiro atoms. The van der Waals surface area contributed by atoms with Crippen molar-refractivity contribution in [1.29, 1.82) is 0 Å². The summed E-state index contributed by atoms with van der Waals surface area (Å²) in [5.74, 6) is 0.707. The van der Waals surface area contributed by atoms with Crippen molar-refractivity contribution in [2.45, 2.75) is 33.0 Å². The molecule has 1 aromatic rings. The van der Waals surface area contributed by atoms with Gasteiger partial charge in [0.25, 0.3) is 0 Å². The summed E-state index contributed by atoms with van der Waals surface area (Å²) in [4.78, 5) is 9.19. The van der Waals surface area contributed by atoms with E-state index in [1.807, 2.05) is 0 Å². The number of halogens is 4. The Kier molecular flexibility index (Phi) is 4.35. The van der Waals surface area contributed by atoms with Crippen LogP contribution in [0.2, 0.25) is 0 Å². The molecule has 3 nitrogen and oxygen atoms in total. The van der Waals surface area contributed by atoms with Crippen molar-refractivity contribution >= 4 is 21.7 Å². The number of rotatable bonds is 3. The normalized spacial score (nSPS) is 12.0. The minimum atomic E-state index is -4.25. The van der Waals surface area contributed by atoms with Crippen molar-refractivity contribution in [2.75, 3.05) is 11.4 Å². The van der Waals surface area contributed by atoms with Gasteiger partial charge < -0.3 is 4.90 Å². The Bertz CT molecular complexity index is 373. The summed E-state index contributed by atoms with van der Waals surface area (Å²) in [5, 5.41) is 0. The third-order valence-electron chi connectivity index (χ3n) is 2.06. The number of hydrogen-bond donors (Lipinski definition) is 0. The number of aryl methyl sites for hydroxylation is 1. The number of aromatic nitrogens is 2. The minimum Gasteiger partial charge on any atom is -0.345 e. The molecular formula is C10H13BrF3N3. The first-order chi connectivity index (χ1) is 7.69. The van der Waals surface area contributed by atoms with Crippen LogP contribution in [0.15, 0.2) is 10.7 Å². The lowest BCUT2D eigenvalue weighted by Gasteiger charge is -2.28. The molecular weight excluding hydrogens is 299 g/mol. The monoisotopic (exact) mass is 311 g/mol. The van der Waals surface area contributed by atoms with Crippen molar-refractivity contribution in [3.8, 4) is 0 Å². The molecule has 0 aromatic carbocycles. The van der Waals surface area contributed by atoms with Crippen molar-refractivity contribution in [3.63, 3.8) is 0 Å². The summed E-state index contributed by atoms with van der Waals surface area (Å²) in [6.45, 7) is 4.00. The van der Waals surface area contributed by atoms with Crippen molar-refractivity contribution in [3.05, 3.63) is 16.5 Å². The molecule has 0 bridgehead atoms. The molecule has 0 amide bonds.